The fourth-order valence-corrected chi connectivity index (χ4v) is 1.35. The normalized spacial score (nSPS) is 15.5. The molecule has 0 heterocycles. The minimum Gasteiger partial charge on any atom is -0.493 e. The molecule has 2 rings (SSSR count). The predicted octanol–water partition coefficient (Wildman–Crippen LogP) is 2.54. The summed E-state index contributed by atoms with van der Waals surface area (Å²) in [5, 5.41) is 0. The van der Waals surface area contributed by atoms with Gasteiger partial charge < -0.3 is 9.47 Å². The zero-order chi connectivity index (χ0) is 9.26. The Morgan fingerprint density at radius 3 is 2.69 bits per heavy atom. The third-order valence-electron chi connectivity index (χ3n) is 2.20. The molecular formula is C11H14O2. The van der Waals surface area contributed by atoms with E-state index in [-0.39, 0.29) is 0 Å². The summed E-state index contributed by atoms with van der Waals surface area (Å²) >= 11 is 0. The molecule has 2 nitrogen and oxygen atoms in total. The van der Waals surface area contributed by atoms with Crippen LogP contribution in [0.3, 0.4) is 0 Å². The van der Waals surface area contributed by atoms with E-state index >= 15 is 0 Å². The second kappa shape index (κ2) is 3.29. The molecule has 1 fully saturated rings. The maximum absolute atomic E-state index is 5.70. The van der Waals surface area contributed by atoms with Crippen LogP contribution in [-0.2, 0) is 0 Å². The van der Waals surface area contributed by atoms with Crippen molar-refractivity contribution in [1.29, 1.82) is 0 Å². The largest absolute Gasteiger partial charge is 0.493 e. The highest BCUT2D eigenvalue weighted by atomic mass is 16.5. The summed E-state index contributed by atoms with van der Waals surface area (Å²) in [5.41, 5.74) is 1.13. The van der Waals surface area contributed by atoms with Gasteiger partial charge in [0.05, 0.1) is 13.2 Å². The molecule has 1 aromatic rings. The summed E-state index contributed by atoms with van der Waals surface area (Å²) in [4.78, 5) is 0. The fraction of sp³-hybridized carbons (Fsp3) is 0.455. The summed E-state index contributed by atoms with van der Waals surface area (Å²) in [6.45, 7) is 2.03. The molecule has 1 aromatic carbocycles. The van der Waals surface area contributed by atoms with Crippen LogP contribution in [0.15, 0.2) is 18.2 Å². The summed E-state index contributed by atoms with van der Waals surface area (Å²) in [6, 6.07) is 5.98. The number of para-hydroxylation sites is 1. The standard InChI is InChI=1S/C11H14O2/c1-8-4-3-5-10(11(8)12-2)13-9-6-7-9/h3-5,9H,6-7H2,1-2H3. The lowest BCUT2D eigenvalue weighted by atomic mass is 10.2. The summed E-state index contributed by atoms with van der Waals surface area (Å²) < 4.78 is 11.0. The lowest BCUT2D eigenvalue weighted by molar-refractivity contribution is 0.281. The van der Waals surface area contributed by atoms with Crippen LogP contribution in [-0.4, -0.2) is 13.2 Å². The van der Waals surface area contributed by atoms with E-state index in [0.29, 0.717) is 6.10 Å². The Bertz CT molecular complexity index is 303. The molecule has 1 saturated carbocycles. The number of ether oxygens (including phenoxy) is 2. The van der Waals surface area contributed by atoms with Gasteiger partial charge in [-0.05, 0) is 31.4 Å². The number of rotatable bonds is 3. The van der Waals surface area contributed by atoms with Gasteiger partial charge in [-0.1, -0.05) is 12.1 Å². The molecule has 0 aliphatic heterocycles. The maximum atomic E-state index is 5.70. The van der Waals surface area contributed by atoms with E-state index in [1.165, 1.54) is 12.8 Å². The van der Waals surface area contributed by atoms with Gasteiger partial charge in [-0.2, -0.15) is 0 Å². The van der Waals surface area contributed by atoms with Gasteiger partial charge in [0.1, 0.15) is 0 Å². The number of aryl methyl sites for hydroxylation is 1. The highest BCUT2D eigenvalue weighted by Gasteiger charge is 2.24. The Labute approximate surface area is 78.5 Å². The molecule has 0 unspecified atom stereocenters. The number of benzene rings is 1. The van der Waals surface area contributed by atoms with Crippen LogP contribution in [0.1, 0.15) is 18.4 Å². The highest BCUT2D eigenvalue weighted by molar-refractivity contribution is 5.46. The lowest BCUT2D eigenvalue weighted by Crippen LogP contribution is -1.99. The molecule has 1 aliphatic rings. The van der Waals surface area contributed by atoms with Crippen molar-refractivity contribution in [3.05, 3.63) is 23.8 Å². The Balaban J connectivity index is 2.25. The molecule has 0 N–H and O–H groups in total. The molecule has 13 heavy (non-hydrogen) atoms. The molecule has 0 bridgehead atoms. The van der Waals surface area contributed by atoms with Gasteiger partial charge in [-0.3, -0.25) is 0 Å². The Hall–Kier alpha value is -1.18. The van der Waals surface area contributed by atoms with E-state index in [4.69, 9.17) is 9.47 Å². The van der Waals surface area contributed by atoms with Gasteiger partial charge in [0.25, 0.3) is 0 Å². The van der Waals surface area contributed by atoms with Crippen LogP contribution in [0, 0.1) is 6.92 Å². The second-order valence-corrected chi connectivity index (χ2v) is 3.42. The first-order chi connectivity index (χ1) is 6.31. The van der Waals surface area contributed by atoms with Crippen molar-refractivity contribution < 1.29 is 9.47 Å². The topological polar surface area (TPSA) is 18.5 Å². The highest BCUT2D eigenvalue weighted by Crippen LogP contribution is 2.35. The summed E-state index contributed by atoms with van der Waals surface area (Å²) in [7, 11) is 1.68. The molecule has 2 heteroatoms. The van der Waals surface area contributed by atoms with Crippen LogP contribution in [0.4, 0.5) is 0 Å². The Morgan fingerprint density at radius 1 is 1.31 bits per heavy atom. The van der Waals surface area contributed by atoms with Crippen LogP contribution >= 0.6 is 0 Å². The van der Waals surface area contributed by atoms with E-state index in [1.54, 1.807) is 7.11 Å². The van der Waals surface area contributed by atoms with Gasteiger partial charge in [-0.25, -0.2) is 0 Å². The van der Waals surface area contributed by atoms with Crippen LogP contribution in [0.25, 0.3) is 0 Å². The zero-order valence-corrected chi connectivity index (χ0v) is 8.04. The van der Waals surface area contributed by atoms with E-state index in [1.807, 2.05) is 25.1 Å². The van der Waals surface area contributed by atoms with E-state index in [9.17, 15) is 0 Å². The van der Waals surface area contributed by atoms with Crippen molar-refractivity contribution in [2.24, 2.45) is 0 Å². The average Bonchev–Trinajstić information content (AvgIpc) is 2.89. The van der Waals surface area contributed by atoms with Gasteiger partial charge in [-0.15, -0.1) is 0 Å². The molecule has 0 radical (unpaired) electrons. The molecular weight excluding hydrogens is 164 g/mol. The van der Waals surface area contributed by atoms with Crippen LogP contribution < -0.4 is 9.47 Å². The minimum absolute atomic E-state index is 0.427. The summed E-state index contributed by atoms with van der Waals surface area (Å²) in [6.07, 6.45) is 2.78. The van der Waals surface area contributed by atoms with Crippen molar-refractivity contribution in [3.63, 3.8) is 0 Å². The monoisotopic (exact) mass is 178 g/mol. The quantitative estimate of drug-likeness (QED) is 0.708. The first-order valence-corrected chi connectivity index (χ1v) is 4.61. The molecule has 1 aliphatic carbocycles. The first-order valence-electron chi connectivity index (χ1n) is 4.61. The predicted molar refractivity (Wildman–Crippen MR) is 51.4 cm³/mol. The van der Waals surface area contributed by atoms with Gasteiger partial charge in [0.15, 0.2) is 11.5 Å². The number of methoxy groups -OCH3 is 1. The third-order valence-corrected chi connectivity index (χ3v) is 2.20. The van der Waals surface area contributed by atoms with E-state index in [2.05, 4.69) is 0 Å². The molecule has 0 spiro atoms. The van der Waals surface area contributed by atoms with Gasteiger partial charge in [0.2, 0.25) is 0 Å². The smallest absolute Gasteiger partial charge is 0.163 e. The Morgan fingerprint density at radius 2 is 2.08 bits per heavy atom. The number of hydrogen-bond donors (Lipinski definition) is 0. The molecule has 0 aromatic heterocycles. The summed E-state index contributed by atoms with van der Waals surface area (Å²) in [5.74, 6) is 1.75. The first kappa shape index (κ1) is 8.42. The Kier molecular flexibility index (Phi) is 2.13. The SMILES string of the molecule is COc1c(C)cccc1OC1CC1. The van der Waals surface area contributed by atoms with Crippen LogP contribution in [0.2, 0.25) is 0 Å². The van der Waals surface area contributed by atoms with Crippen LogP contribution in [0.5, 0.6) is 11.5 Å². The van der Waals surface area contributed by atoms with Crippen molar-refractivity contribution in [2.45, 2.75) is 25.9 Å². The lowest BCUT2D eigenvalue weighted by Gasteiger charge is -2.11. The number of hydrogen-bond acceptors (Lipinski definition) is 2. The molecule has 70 valence electrons. The molecule has 0 atom stereocenters. The van der Waals surface area contributed by atoms with Gasteiger partial charge >= 0.3 is 0 Å². The molecule has 0 saturated heterocycles. The van der Waals surface area contributed by atoms with E-state index in [0.717, 1.165) is 17.1 Å². The molecule has 0 amide bonds. The fourth-order valence-electron chi connectivity index (χ4n) is 1.35. The second-order valence-electron chi connectivity index (χ2n) is 3.42. The zero-order valence-electron chi connectivity index (χ0n) is 8.04. The van der Waals surface area contributed by atoms with Crippen molar-refractivity contribution in [3.8, 4) is 11.5 Å². The van der Waals surface area contributed by atoms with Crippen molar-refractivity contribution in [1.82, 2.24) is 0 Å². The average molecular weight is 178 g/mol. The van der Waals surface area contributed by atoms with E-state index < -0.39 is 0 Å². The third kappa shape index (κ3) is 1.77. The van der Waals surface area contributed by atoms with Gasteiger partial charge in [0, 0.05) is 0 Å². The minimum atomic E-state index is 0.427. The van der Waals surface area contributed by atoms with Crippen molar-refractivity contribution >= 4 is 0 Å². The maximum Gasteiger partial charge on any atom is 0.163 e. The van der Waals surface area contributed by atoms with Crippen molar-refractivity contribution in [2.75, 3.05) is 7.11 Å².